The van der Waals surface area contributed by atoms with Crippen LogP contribution in [0.3, 0.4) is 0 Å². The van der Waals surface area contributed by atoms with Crippen molar-refractivity contribution in [2.75, 3.05) is 6.54 Å². The quantitative estimate of drug-likeness (QED) is 0.678. The van der Waals surface area contributed by atoms with Crippen molar-refractivity contribution >= 4 is 35.2 Å². The van der Waals surface area contributed by atoms with Crippen LogP contribution in [0.5, 0.6) is 0 Å². The first-order chi connectivity index (χ1) is 13.3. The molecule has 1 fully saturated rings. The highest BCUT2D eigenvalue weighted by atomic mass is 35.5. The van der Waals surface area contributed by atoms with Crippen LogP contribution in [0.1, 0.15) is 23.6 Å². The van der Waals surface area contributed by atoms with Gasteiger partial charge in [-0.15, -0.1) is 0 Å². The second-order valence-corrected chi connectivity index (χ2v) is 7.08. The normalized spacial score (nSPS) is 17.0. The number of carbonyl (C=O) groups excluding carboxylic acids is 2. The van der Waals surface area contributed by atoms with E-state index in [2.05, 4.69) is 10.6 Å². The molecule has 148 valence electrons. The number of hydrogen-bond acceptors (Lipinski definition) is 3. The molecule has 28 heavy (non-hydrogen) atoms. The molecule has 2 aromatic carbocycles. The van der Waals surface area contributed by atoms with Gasteiger partial charge in [0.2, 0.25) is 0 Å². The average Bonchev–Trinajstić information content (AvgIpc) is 3.11. The number of carbonyl (C=O) groups is 2. The highest BCUT2D eigenvalue weighted by Gasteiger charge is 2.31. The van der Waals surface area contributed by atoms with Crippen molar-refractivity contribution in [2.45, 2.75) is 25.0 Å². The number of hydrogen-bond donors (Lipinski definition) is 2. The molecule has 2 unspecified atom stereocenters. The molecule has 9 heteroatoms. The second-order valence-electron chi connectivity index (χ2n) is 6.27. The van der Waals surface area contributed by atoms with Gasteiger partial charge in [-0.05, 0) is 36.6 Å². The molecule has 0 radical (unpaired) electrons. The van der Waals surface area contributed by atoms with E-state index in [0.717, 1.165) is 11.6 Å². The van der Waals surface area contributed by atoms with Crippen LogP contribution >= 0.6 is 23.2 Å². The van der Waals surface area contributed by atoms with Crippen LogP contribution in [0.4, 0.5) is 13.6 Å². The number of cyclic esters (lactones) is 1. The van der Waals surface area contributed by atoms with Gasteiger partial charge in [0.1, 0.15) is 16.7 Å². The third kappa shape index (κ3) is 4.72. The lowest BCUT2D eigenvalue weighted by molar-refractivity contribution is -0.128. The maximum absolute atomic E-state index is 14.5. The molecule has 1 heterocycles. The highest BCUT2D eigenvalue weighted by molar-refractivity contribution is 6.31. The summed E-state index contributed by atoms with van der Waals surface area (Å²) >= 11 is 11.6. The van der Waals surface area contributed by atoms with E-state index in [9.17, 15) is 18.4 Å². The SMILES string of the molecule is O=C1NCC(C(=O)NC(CCc2ccc(Cl)cc2)c2ccc(F)c(Cl)c2F)O1. The van der Waals surface area contributed by atoms with Gasteiger partial charge in [0.15, 0.2) is 6.10 Å². The fraction of sp³-hybridized carbons (Fsp3) is 0.263. The summed E-state index contributed by atoms with van der Waals surface area (Å²) in [6, 6.07) is 8.56. The summed E-state index contributed by atoms with van der Waals surface area (Å²) in [5.74, 6) is -2.41. The topological polar surface area (TPSA) is 67.4 Å². The molecule has 0 aliphatic carbocycles. The summed E-state index contributed by atoms with van der Waals surface area (Å²) in [4.78, 5) is 23.6. The molecule has 2 N–H and O–H groups in total. The number of benzene rings is 2. The van der Waals surface area contributed by atoms with Crippen molar-refractivity contribution in [3.8, 4) is 0 Å². The monoisotopic (exact) mass is 428 g/mol. The lowest BCUT2D eigenvalue weighted by Gasteiger charge is -2.22. The Morgan fingerprint density at radius 1 is 1.21 bits per heavy atom. The standard InChI is InChI=1S/C19H16Cl2F2N2O3/c20-11-4-1-10(2-5-11)3-8-14(12-6-7-13(22)16(21)17(12)23)25-18(26)15-9-24-19(27)28-15/h1-2,4-7,14-15H,3,8-9H2,(H,24,27)(H,25,26). The Kier molecular flexibility index (Phi) is 6.36. The molecule has 0 saturated carbocycles. The van der Waals surface area contributed by atoms with Crippen LogP contribution in [-0.2, 0) is 16.0 Å². The third-order valence-corrected chi connectivity index (χ3v) is 4.96. The molecule has 2 atom stereocenters. The summed E-state index contributed by atoms with van der Waals surface area (Å²) in [6.07, 6.45) is -0.932. The minimum absolute atomic E-state index is 0.0151. The minimum Gasteiger partial charge on any atom is -0.434 e. The van der Waals surface area contributed by atoms with Crippen molar-refractivity contribution < 1.29 is 23.1 Å². The second kappa shape index (κ2) is 8.75. The largest absolute Gasteiger partial charge is 0.434 e. The van der Waals surface area contributed by atoms with Crippen LogP contribution in [0.2, 0.25) is 10.0 Å². The predicted octanol–water partition coefficient (Wildman–Crippen LogP) is 4.17. The van der Waals surface area contributed by atoms with Crippen LogP contribution in [0, 0.1) is 11.6 Å². The van der Waals surface area contributed by atoms with Gasteiger partial charge in [0, 0.05) is 10.6 Å². The Bertz CT molecular complexity index is 893. The average molecular weight is 429 g/mol. The zero-order chi connectivity index (χ0) is 20.3. The van der Waals surface area contributed by atoms with Gasteiger partial charge >= 0.3 is 6.09 Å². The van der Waals surface area contributed by atoms with Gasteiger partial charge in [-0.1, -0.05) is 41.4 Å². The fourth-order valence-corrected chi connectivity index (χ4v) is 3.18. The van der Waals surface area contributed by atoms with E-state index in [-0.39, 0.29) is 12.1 Å². The number of aryl methyl sites for hydroxylation is 1. The molecule has 3 rings (SSSR count). The van der Waals surface area contributed by atoms with Crippen molar-refractivity contribution in [3.63, 3.8) is 0 Å². The predicted molar refractivity (Wildman–Crippen MR) is 100 cm³/mol. The number of rotatable bonds is 6. The molecule has 1 aliphatic rings. The third-order valence-electron chi connectivity index (χ3n) is 4.37. The van der Waals surface area contributed by atoms with E-state index < -0.39 is 40.8 Å². The number of ether oxygens (including phenoxy) is 1. The van der Waals surface area contributed by atoms with Crippen molar-refractivity contribution in [2.24, 2.45) is 0 Å². The summed E-state index contributed by atoms with van der Waals surface area (Å²) in [5.41, 5.74) is 0.970. The lowest BCUT2D eigenvalue weighted by atomic mass is 9.98. The molecular weight excluding hydrogens is 413 g/mol. The van der Waals surface area contributed by atoms with Gasteiger partial charge in [-0.25, -0.2) is 13.6 Å². The molecule has 1 saturated heterocycles. The van der Waals surface area contributed by atoms with Gasteiger partial charge in [0.05, 0.1) is 12.6 Å². The van der Waals surface area contributed by atoms with Crippen LogP contribution in [0.15, 0.2) is 36.4 Å². The number of halogens is 4. The molecule has 0 aromatic heterocycles. The van der Waals surface area contributed by atoms with Gasteiger partial charge in [-0.2, -0.15) is 0 Å². The van der Waals surface area contributed by atoms with Crippen molar-refractivity contribution in [1.29, 1.82) is 0 Å². The Balaban J connectivity index is 1.80. The van der Waals surface area contributed by atoms with Crippen molar-refractivity contribution in [3.05, 3.63) is 69.2 Å². The maximum Gasteiger partial charge on any atom is 0.408 e. The maximum atomic E-state index is 14.5. The van der Waals surface area contributed by atoms with Gasteiger partial charge < -0.3 is 15.4 Å². The Labute approximate surface area is 170 Å². The Morgan fingerprint density at radius 2 is 1.93 bits per heavy atom. The summed E-state index contributed by atoms with van der Waals surface area (Å²) in [6.45, 7) is 0.0151. The van der Waals surface area contributed by atoms with E-state index in [1.54, 1.807) is 12.1 Å². The van der Waals surface area contributed by atoms with E-state index in [4.69, 9.17) is 27.9 Å². The van der Waals surface area contributed by atoms with E-state index in [1.807, 2.05) is 12.1 Å². The molecule has 5 nitrogen and oxygen atoms in total. The Hall–Kier alpha value is -2.38. The number of nitrogens with one attached hydrogen (secondary N) is 2. The molecule has 1 aliphatic heterocycles. The summed E-state index contributed by atoms with van der Waals surface area (Å²) in [7, 11) is 0. The molecular formula is C19H16Cl2F2N2O3. The molecule has 2 aromatic rings. The van der Waals surface area contributed by atoms with Crippen LogP contribution in [-0.4, -0.2) is 24.6 Å². The van der Waals surface area contributed by atoms with Crippen LogP contribution < -0.4 is 10.6 Å². The first-order valence-electron chi connectivity index (χ1n) is 8.48. The molecule has 2 amide bonds. The van der Waals surface area contributed by atoms with Crippen molar-refractivity contribution in [1.82, 2.24) is 10.6 Å². The smallest absolute Gasteiger partial charge is 0.408 e. The summed E-state index contributed by atoms with van der Waals surface area (Å²) < 4.78 is 32.9. The highest BCUT2D eigenvalue weighted by Crippen LogP contribution is 2.29. The first kappa shape index (κ1) is 20.4. The molecule has 0 bridgehead atoms. The number of amides is 2. The fourth-order valence-electron chi connectivity index (χ4n) is 2.88. The zero-order valence-electron chi connectivity index (χ0n) is 14.5. The van der Waals surface area contributed by atoms with Crippen LogP contribution in [0.25, 0.3) is 0 Å². The Morgan fingerprint density at radius 3 is 2.57 bits per heavy atom. The van der Waals surface area contributed by atoms with Gasteiger partial charge in [-0.3, -0.25) is 4.79 Å². The van der Waals surface area contributed by atoms with E-state index in [1.165, 1.54) is 6.07 Å². The van der Waals surface area contributed by atoms with E-state index >= 15 is 0 Å². The molecule has 0 spiro atoms. The first-order valence-corrected chi connectivity index (χ1v) is 9.23. The van der Waals surface area contributed by atoms with E-state index in [0.29, 0.717) is 17.9 Å². The van der Waals surface area contributed by atoms with Gasteiger partial charge in [0.25, 0.3) is 5.91 Å². The minimum atomic E-state index is -1.02. The number of alkyl carbamates (subject to hydrolysis) is 1. The lowest BCUT2D eigenvalue weighted by Crippen LogP contribution is -2.39. The summed E-state index contributed by atoms with van der Waals surface area (Å²) in [5, 5.41) is 4.98. The zero-order valence-corrected chi connectivity index (χ0v) is 16.0.